The SMILES string of the molecule is CCCCC(=O)N1CCC(c2ccc(Nc3nc(-c4cncc(OC)n4)cc4cc[nH]c(=O)c34)cc2)CC1. The van der Waals surface area contributed by atoms with E-state index in [4.69, 9.17) is 9.72 Å². The normalized spacial score (nSPS) is 14.0. The van der Waals surface area contributed by atoms with Crippen LogP contribution in [-0.2, 0) is 4.79 Å². The maximum absolute atomic E-state index is 12.7. The molecule has 9 nitrogen and oxygen atoms in total. The van der Waals surface area contributed by atoms with E-state index in [0.717, 1.165) is 49.8 Å². The van der Waals surface area contributed by atoms with Crippen molar-refractivity contribution in [1.29, 1.82) is 0 Å². The Kier molecular flexibility index (Phi) is 7.62. The summed E-state index contributed by atoms with van der Waals surface area (Å²) in [5, 5.41) is 4.54. The number of carbonyl (C=O) groups excluding carboxylic acids is 1. The number of likely N-dealkylation sites (tertiary alicyclic amines) is 1. The Balaban J connectivity index is 1.36. The van der Waals surface area contributed by atoms with Gasteiger partial charge in [-0.25, -0.2) is 9.97 Å². The molecule has 1 fully saturated rings. The van der Waals surface area contributed by atoms with Gasteiger partial charge >= 0.3 is 0 Å². The van der Waals surface area contributed by atoms with E-state index in [9.17, 15) is 9.59 Å². The van der Waals surface area contributed by atoms with Crippen LogP contribution in [-0.4, -0.2) is 50.9 Å². The molecule has 5 rings (SSSR count). The summed E-state index contributed by atoms with van der Waals surface area (Å²) in [5.74, 6) is 1.53. The van der Waals surface area contributed by atoms with Crippen LogP contribution in [0.3, 0.4) is 0 Å². The first-order valence-corrected chi connectivity index (χ1v) is 13.1. The van der Waals surface area contributed by atoms with E-state index < -0.39 is 0 Å². The Morgan fingerprint density at radius 3 is 2.63 bits per heavy atom. The van der Waals surface area contributed by atoms with E-state index in [0.29, 0.717) is 40.8 Å². The van der Waals surface area contributed by atoms with Crippen LogP contribution in [0.2, 0.25) is 0 Å². The molecule has 196 valence electrons. The van der Waals surface area contributed by atoms with Gasteiger partial charge in [0.1, 0.15) is 11.5 Å². The average molecular weight is 513 g/mol. The number of benzene rings is 1. The summed E-state index contributed by atoms with van der Waals surface area (Å²) in [4.78, 5) is 43.2. The van der Waals surface area contributed by atoms with Crippen LogP contribution in [0.1, 0.15) is 50.5 Å². The van der Waals surface area contributed by atoms with Crippen molar-refractivity contribution in [1.82, 2.24) is 24.8 Å². The Bertz CT molecular complexity index is 1480. The summed E-state index contributed by atoms with van der Waals surface area (Å²) >= 11 is 0. The Hall–Kier alpha value is -4.27. The summed E-state index contributed by atoms with van der Waals surface area (Å²) in [7, 11) is 1.54. The average Bonchev–Trinajstić information content (AvgIpc) is 2.96. The lowest BCUT2D eigenvalue weighted by Crippen LogP contribution is -2.37. The summed E-state index contributed by atoms with van der Waals surface area (Å²) in [6.07, 6.45) is 9.35. The second kappa shape index (κ2) is 11.4. The monoisotopic (exact) mass is 512 g/mol. The molecule has 1 aliphatic rings. The number of piperidine rings is 1. The van der Waals surface area contributed by atoms with Gasteiger partial charge in [0.25, 0.3) is 5.56 Å². The van der Waals surface area contributed by atoms with Gasteiger partial charge in [0.15, 0.2) is 0 Å². The molecule has 4 heterocycles. The van der Waals surface area contributed by atoms with E-state index in [1.54, 1.807) is 12.4 Å². The van der Waals surface area contributed by atoms with Crippen molar-refractivity contribution in [3.05, 3.63) is 70.9 Å². The zero-order chi connectivity index (χ0) is 26.5. The number of ether oxygens (including phenoxy) is 1. The number of fused-ring (bicyclic) bond motifs is 1. The van der Waals surface area contributed by atoms with Crippen LogP contribution < -0.4 is 15.6 Å². The van der Waals surface area contributed by atoms with Crippen molar-refractivity contribution in [2.24, 2.45) is 0 Å². The minimum absolute atomic E-state index is 0.224. The number of anilines is 2. The highest BCUT2D eigenvalue weighted by molar-refractivity contribution is 5.94. The number of hydrogen-bond acceptors (Lipinski definition) is 7. The second-order valence-electron chi connectivity index (χ2n) is 9.58. The standard InChI is InChI=1S/C29H32N6O3/c1-3-4-5-26(36)35-14-11-20(12-15-35)19-6-8-22(9-7-19)32-28-27-21(10-13-31-29(27)37)16-23(34-28)24-17-30-18-25(33-24)38-2/h6-10,13,16-18,20H,3-5,11-12,14-15H2,1-2H3,(H,31,37)(H,32,34). The lowest BCUT2D eigenvalue weighted by atomic mass is 9.89. The van der Waals surface area contributed by atoms with Gasteiger partial charge in [-0.15, -0.1) is 0 Å². The number of pyridine rings is 2. The molecule has 0 atom stereocenters. The topological polar surface area (TPSA) is 113 Å². The molecule has 0 radical (unpaired) electrons. The Morgan fingerprint density at radius 2 is 1.89 bits per heavy atom. The van der Waals surface area contributed by atoms with Crippen LogP contribution in [0.4, 0.5) is 11.5 Å². The molecule has 3 aromatic heterocycles. The highest BCUT2D eigenvalue weighted by Crippen LogP contribution is 2.31. The zero-order valence-corrected chi connectivity index (χ0v) is 21.7. The molecule has 1 saturated heterocycles. The quantitative estimate of drug-likeness (QED) is 0.340. The fourth-order valence-corrected chi connectivity index (χ4v) is 4.93. The van der Waals surface area contributed by atoms with Crippen molar-refractivity contribution in [2.45, 2.75) is 44.9 Å². The number of nitrogens with zero attached hydrogens (tertiary/aromatic N) is 4. The van der Waals surface area contributed by atoms with Gasteiger partial charge in [0, 0.05) is 31.4 Å². The highest BCUT2D eigenvalue weighted by Gasteiger charge is 2.23. The number of aromatic nitrogens is 4. The summed E-state index contributed by atoms with van der Waals surface area (Å²) in [6, 6.07) is 11.9. The van der Waals surface area contributed by atoms with E-state index in [1.165, 1.54) is 18.9 Å². The van der Waals surface area contributed by atoms with Gasteiger partial charge in [-0.3, -0.25) is 14.6 Å². The fraction of sp³-hybridized carbons (Fsp3) is 0.345. The maximum Gasteiger partial charge on any atom is 0.259 e. The summed E-state index contributed by atoms with van der Waals surface area (Å²) in [6.45, 7) is 3.73. The van der Waals surface area contributed by atoms with Crippen LogP contribution in [0, 0.1) is 0 Å². The predicted molar refractivity (Wildman–Crippen MR) is 148 cm³/mol. The van der Waals surface area contributed by atoms with Gasteiger partial charge in [0.2, 0.25) is 11.8 Å². The molecule has 0 aliphatic carbocycles. The minimum atomic E-state index is -0.224. The molecule has 0 saturated carbocycles. The van der Waals surface area contributed by atoms with Gasteiger partial charge in [0.05, 0.1) is 30.6 Å². The third-order valence-electron chi connectivity index (χ3n) is 7.08. The molecule has 2 N–H and O–H groups in total. The summed E-state index contributed by atoms with van der Waals surface area (Å²) < 4.78 is 5.21. The van der Waals surface area contributed by atoms with Gasteiger partial charge < -0.3 is 19.9 Å². The number of hydrogen-bond donors (Lipinski definition) is 2. The van der Waals surface area contributed by atoms with Crippen molar-refractivity contribution in [3.8, 4) is 17.3 Å². The molecule has 38 heavy (non-hydrogen) atoms. The number of amides is 1. The maximum atomic E-state index is 12.7. The molecular weight excluding hydrogens is 480 g/mol. The van der Waals surface area contributed by atoms with Gasteiger partial charge in [-0.1, -0.05) is 25.5 Å². The lowest BCUT2D eigenvalue weighted by Gasteiger charge is -2.32. The van der Waals surface area contributed by atoms with Crippen LogP contribution in [0.15, 0.2) is 59.8 Å². The number of aromatic amines is 1. The second-order valence-corrected chi connectivity index (χ2v) is 9.58. The number of rotatable bonds is 8. The number of H-pyrrole nitrogens is 1. The van der Waals surface area contributed by atoms with E-state index in [1.807, 2.05) is 29.2 Å². The van der Waals surface area contributed by atoms with Crippen molar-refractivity contribution in [2.75, 3.05) is 25.5 Å². The minimum Gasteiger partial charge on any atom is -0.480 e. The molecular formula is C29H32N6O3. The lowest BCUT2D eigenvalue weighted by molar-refractivity contribution is -0.132. The molecule has 1 amide bonds. The van der Waals surface area contributed by atoms with Gasteiger partial charge in [-0.2, -0.15) is 0 Å². The van der Waals surface area contributed by atoms with Crippen molar-refractivity contribution in [3.63, 3.8) is 0 Å². The highest BCUT2D eigenvalue weighted by atomic mass is 16.5. The molecule has 0 spiro atoms. The van der Waals surface area contributed by atoms with Crippen LogP contribution in [0.5, 0.6) is 5.88 Å². The Labute approximate surface area is 221 Å². The van der Waals surface area contributed by atoms with E-state index >= 15 is 0 Å². The summed E-state index contributed by atoms with van der Waals surface area (Å²) in [5.41, 5.74) is 2.98. The largest absolute Gasteiger partial charge is 0.480 e. The first-order chi connectivity index (χ1) is 18.6. The number of carbonyl (C=O) groups is 1. The van der Waals surface area contributed by atoms with Crippen LogP contribution >= 0.6 is 0 Å². The number of unbranched alkanes of at least 4 members (excludes halogenated alkanes) is 1. The number of methoxy groups -OCH3 is 1. The van der Waals surface area contributed by atoms with Crippen molar-refractivity contribution < 1.29 is 9.53 Å². The smallest absolute Gasteiger partial charge is 0.259 e. The third kappa shape index (κ3) is 5.51. The fourth-order valence-electron chi connectivity index (χ4n) is 4.93. The molecule has 1 aliphatic heterocycles. The first kappa shape index (κ1) is 25.4. The zero-order valence-electron chi connectivity index (χ0n) is 21.7. The molecule has 0 unspecified atom stereocenters. The number of nitrogens with one attached hydrogen (secondary N) is 2. The molecule has 0 bridgehead atoms. The molecule has 1 aromatic carbocycles. The van der Waals surface area contributed by atoms with E-state index in [-0.39, 0.29) is 11.5 Å². The molecule has 4 aromatic rings. The van der Waals surface area contributed by atoms with Crippen molar-refractivity contribution >= 4 is 28.2 Å². The molecule has 9 heteroatoms. The Morgan fingerprint density at radius 1 is 1.11 bits per heavy atom. The first-order valence-electron chi connectivity index (χ1n) is 13.1. The van der Waals surface area contributed by atoms with Gasteiger partial charge in [-0.05, 0) is 60.4 Å². The third-order valence-corrected chi connectivity index (χ3v) is 7.08. The predicted octanol–water partition coefficient (Wildman–Crippen LogP) is 5.03. The van der Waals surface area contributed by atoms with E-state index in [2.05, 4.69) is 39.3 Å². The van der Waals surface area contributed by atoms with Crippen LogP contribution in [0.25, 0.3) is 22.2 Å².